The van der Waals surface area contributed by atoms with Gasteiger partial charge in [-0.25, -0.2) is 9.50 Å². The maximum atomic E-state index is 11.2. The van der Waals surface area contributed by atoms with Crippen molar-refractivity contribution in [1.29, 1.82) is 0 Å². The second kappa shape index (κ2) is 4.25. The van der Waals surface area contributed by atoms with Crippen molar-refractivity contribution in [2.45, 2.75) is 30.5 Å². The Bertz CT molecular complexity index is 627. The largest absolute Gasteiger partial charge is 0.385 e. The third-order valence-corrected chi connectivity index (χ3v) is 4.70. The number of morpholine rings is 1. The highest BCUT2D eigenvalue weighted by atomic mass is 16.5. The minimum atomic E-state index is -0.859. The van der Waals surface area contributed by atoms with Gasteiger partial charge in [0.2, 0.25) is 0 Å². The van der Waals surface area contributed by atoms with Crippen LogP contribution in [-0.2, 0) is 10.3 Å². The Balaban J connectivity index is 1.77. The molecule has 0 aromatic carbocycles. The summed E-state index contributed by atoms with van der Waals surface area (Å²) in [6.45, 7) is 1.36. The van der Waals surface area contributed by atoms with Gasteiger partial charge in [0.1, 0.15) is 0 Å². The average Bonchev–Trinajstić information content (AvgIpc) is 2.85. The van der Waals surface area contributed by atoms with Crippen molar-refractivity contribution >= 4 is 5.65 Å². The fraction of sp³-hybridized carbons (Fsp3) is 0.571. The topological polar surface area (TPSA) is 62.9 Å². The minimum absolute atomic E-state index is 0.256. The first-order valence-electron chi connectivity index (χ1n) is 6.98. The van der Waals surface area contributed by atoms with E-state index in [-0.39, 0.29) is 12.1 Å². The Morgan fingerprint density at radius 2 is 2.10 bits per heavy atom. The molecule has 1 N–H and O–H groups in total. The number of ether oxygens (including phenoxy) is 1. The van der Waals surface area contributed by atoms with Gasteiger partial charge in [-0.2, -0.15) is 5.10 Å². The minimum Gasteiger partial charge on any atom is -0.385 e. The van der Waals surface area contributed by atoms with Gasteiger partial charge in [-0.15, -0.1) is 0 Å². The number of likely N-dealkylation sites (N-methyl/N-ethyl adjacent to an activating group) is 1. The van der Waals surface area contributed by atoms with Gasteiger partial charge in [0.05, 0.1) is 25.0 Å². The van der Waals surface area contributed by atoms with Gasteiger partial charge in [-0.1, -0.05) is 0 Å². The predicted molar refractivity (Wildman–Crippen MR) is 72.3 cm³/mol. The highest BCUT2D eigenvalue weighted by molar-refractivity contribution is 5.49. The van der Waals surface area contributed by atoms with E-state index < -0.39 is 5.60 Å². The lowest BCUT2D eigenvalue weighted by atomic mass is 9.78. The van der Waals surface area contributed by atoms with Crippen LogP contribution in [0.15, 0.2) is 24.7 Å². The lowest BCUT2D eigenvalue weighted by Crippen LogP contribution is -2.59. The van der Waals surface area contributed by atoms with Crippen molar-refractivity contribution in [2.24, 2.45) is 0 Å². The van der Waals surface area contributed by atoms with Gasteiger partial charge in [0, 0.05) is 30.0 Å². The van der Waals surface area contributed by atoms with E-state index in [9.17, 15) is 5.11 Å². The molecule has 2 saturated heterocycles. The Morgan fingerprint density at radius 3 is 2.85 bits per heavy atom. The highest BCUT2D eigenvalue weighted by Gasteiger charge is 2.46. The summed E-state index contributed by atoms with van der Waals surface area (Å²) in [4.78, 5) is 6.70. The van der Waals surface area contributed by atoms with E-state index in [1.165, 1.54) is 0 Å². The summed E-state index contributed by atoms with van der Waals surface area (Å²) >= 11 is 0. The van der Waals surface area contributed by atoms with Gasteiger partial charge >= 0.3 is 0 Å². The number of rotatable bonds is 1. The molecule has 0 spiro atoms. The molecule has 2 aromatic heterocycles. The molecule has 0 aliphatic carbocycles. The van der Waals surface area contributed by atoms with Crippen LogP contribution >= 0.6 is 0 Å². The average molecular weight is 274 g/mol. The lowest BCUT2D eigenvalue weighted by Gasteiger charge is -2.49. The van der Waals surface area contributed by atoms with Crippen LogP contribution in [0, 0.1) is 0 Å². The van der Waals surface area contributed by atoms with E-state index in [4.69, 9.17) is 4.74 Å². The van der Waals surface area contributed by atoms with Crippen LogP contribution in [0.4, 0.5) is 0 Å². The Hall–Kier alpha value is -1.50. The Morgan fingerprint density at radius 1 is 1.35 bits per heavy atom. The lowest BCUT2D eigenvalue weighted by molar-refractivity contribution is -0.137. The normalized spacial score (nSPS) is 34.5. The third-order valence-electron chi connectivity index (χ3n) is 4.70. The van der Waals surface area contributed by atoms with E-state index in [2.05, 4.69) is 22.0 Å². The molecule has 2 aliphatic heterocycles. The number of nitrogens with zero attached hydrogens (tertiary/aromatic N) is 4. The first-order valence-corrected chi connectivity index (χ1v) is 6.98. The third kappa shape index (κ3) is 1.69. The fourth-order valence-electron chi connectivity index (χ4n) is 3.52. The maximum Gasteiger partial charge on any atom is 0.160 e. The van der Waals surface area contributed by atoms with Crippen LogP contribution in [0.2, 0.25) is 0 Å². The smallest absolute Gasteiger partial charge is 0.160 e. The van der Waals surface area contributed by atoms with E-state index >= 15 is 0 Å². The molecule has 2 aromatic rings. The van der Waals surface area contributed by atoms with Crippen molar-refractivity contribution < 1.29 is 9.84 Å². The number of hydrogen-bond donors (Lipinski definition) is 1. The molecule has 4 rings (SSSR count). The van der Waals surface area contributed by atoms with Crippen LogP contribution in [0.25, 0.3) is 5.65 Å². The molecule has 2 aliphatic rings. The monoisotopic (exact) mass is 274 g/mol. The van der Waals surface area contributed by atoms with Gasteiger partial charge in [-0.05, 0) is 26.0 Å². The molecule has 2 unspecified atom stereocenters. The number of aliphatic hydroxyl groups is 1. The summed E-state index contributed by atoms with van der Waals surface area (Å²) in [6.07, 6.45) is 6.68. The van der Waals surface area contributed by atoms with Crippen LogP contribution in [0.5, 0.6) is 0 Å². The van der Waals surface area contributed by atoms with Crippen molar-refractivity contribution in [3.63, 3.8) is 0 Å². The van der Waals surface area contributed by atoms with E-state index in [1.807, 2.05) is 12.3 Å². The number of piperidine rings is 1. The molecule has 6 heteroatoms. The van der Waals surface area contributed by atoms with Gasteiger partial charge in [0.25, 0.3) is 0 Å². The zero-order valence-corrected chi connectivity index (χ0v) is 11.4. The van der Waals surface area contributed by atoms with Crippen LogP contribution < -0.4 is 0 Å². The summed E-state index contributed by atoms with van der Waals surface area (Å²) in [5, 5.41) is 15.5. The van der Waals surface area contributed by atoms with Crippen LogP contribution in [-0.4, -0.2) is 56.9 Å². The van der Waals surface area contributed by atoms with Crippen LogP contribution in [0.1, 0.15) is 18.4 Å². The summed E-state index contributed by atoms with van der Waals surface area (Å²) in [6, 6.07) is 2.35. The predicted octanol–water partition coefficient (Wildman–Crippen LogP) is 0.410. The molecule has 6 nitrogen and oxygen atoms in total. The van der Waals surface area contributed by atoms with Gasteiger partial charge in [0.15, 0.2) is 5.65 Å². The molecule has 106 valence electrons. The number of hydrogen-bond acceptors (Lipinski definition) is 5. The first kappa shape index (κ1) is 12.3. The Kier molecular flexibility index (Phi) is 2.60. The zero-order valence-electron chi connectivity index (χ0n) is 11.4. The molecular weight excluding hydrogens is 256 g/mol. The van der Waals surface area contributed by atoms with E-state index in [0.29, 0.717) is 26.1 Å². The van der Waals surface area contributed by atoms with Gasteiger partial charge < -0.3 is 9.84 Å². The number of fused-ring (bicyclic) bond motifs is 3. The highest BCUT2D eigenvalue weighted by Crippen LogP contribution is 2.41. The standard InChI is InChI=1S/C14H18N4O2/c1-17-10-5-14(19,6-11(17)9-20-8-10)12-7-16-18-4-2-3-15-13(12)18/h2-4,7,10-11,19H,5-6,8-9H2,1H3. The zero-order chi connectivity index (χ0) is 13.7. The van der Waals surface area contributed by atoms with Crippen molar-refractivity contribution in [1.82, 2.24) is 19.5 Å². The molecule has 2 bridgehead atoms. The molecule has 2 fully saturated rings. The second-order valence-corrected chi connectivity index (χ2v) is 5.90. The summed E-state index contributed by atoms with van der Waals surface area (Å²) < 4.78 is 7.34. The Labute approximate surface area is 117 Å². The molecule has 0 amide bonds. The first-order chi connectivity index (χ1) is 9.67. The van der Waals surface area contributed by atoms with Crippen molar-refractivity contribution in [3.8, 4) is 0 Å². The van der Waals surface area contributed by atoms with E-state index in [0.717, 1.165) is 11.2 Å². The van der Waals surface area contributed by atoms with Gasteiger partial charge in [-0.3, -0.25) is 4.90 Å². The fourth-order valence-corrected chi connectivity index (χ4v) is 3.52. The van der Waals surface area contributed by atoms with Crippen LogP contribution in [0.3, 0.4) is 0 Å². The maximum absolute atomic E-state index is 11.2. The van der Waals surface area contributed by atoms with E-state index in [1.54, 1.807) is 16.9 Å². The SMILES string of the molecule is CN1C2COCC1CC(O)(c1cnn3cccnc13)C2. The molecule has 0 radical (unpaired) electrons. The quantitative estimate of drug-likeness (QED) is 0.816. The summed E-state index contributed by atoms with van der Waals surface area (Å²) in [5.41, 5.74) is 0.725. The molecule has 0 saturated carbocycles. The molecule has 20 heavy (non-hydrogen) atoms. The van der Waals surface area contributed by atoms with Crippen molar-refractivity contribution in [2.75, 3.05) is 20.3 Å². The molecule has 4 heterocycles. The molecule has 2 atom stereocenters. The second-order valence-electron chi connectivity index (χ2n) is 5.90. The van der Waals surface area contributed by atoms with Crippen molar-refractivity contribution in [3.05, 3.63) is 30.2 Å². The molecular formula is C14H18N4O2. The summed E-state index contributed by atoms with van der Waals surface area (Å²) in [5.74, 6) is 0. The summed E-state index contributed by atoms with van der Waals surface area (Å²) in [7, 11) is 2.12. The number of aromatic nitrogens is 3.